The van der Waals surface area contributed by atoms with Gasteiger partial charge in [-0.1, -0.05) is 0 Å². The van der Waals surface area contributed by atoms with Crippen molar-refractivity contribution >= 4 is 22.4 Å². The molecule has 100 valence electrons. The van der Waals surface area contributed by atoms with Crippen molar-refractivity contribution in [2.24, 2.45) is 0 Å². The van der Waals surface area contributed by atoms with E-state index in [1.54, 1.807) is 0 Å². The predicted molar refractivity (Wildman–Crippen MR) is 75.2 cm³/mol. The van der Waals surface area contributed by atoms with Gasteiger partial charge < -0.3 is 15.8 Å². The average Bonchev–Trinajstić information content (AvgIpc) is 3.16. The van der Waals surface area contributed by atoms with Crippen LogP contribution in [0.4, 0.5) is 10.8 Å². The van der Waals surface area contributed by atoms with Gasteiger partial charge in [-0.15, -0.1) is 0 Å². The Morgan fingerprint density at radius 2 is 2.22 bits per heavy atom. The standard InChI is InChI=1S/C13H21N3OS/c14-12-11(9-4-5-9)13(18-16-12)15-7-6-10-3-1-2-8-17-10/h9-10,15H,1-8H2,(H2,14,16). The Kier molecular flexibility index (Phi) is 3.70. The summed E-state index contributed by atoms with van der Waals surface area (Å²) in [7, 11) is 0. The Balaban J connectivity index is 1.50. The van der Waals surface area contributed by atoms with Crippen LogP contribution in [0.3, 0.4) is 0 Å². The third kappa shape index (κ3) is 2.78. The first-order valence-electron chi connectivity index (χ1n) is 6.95. The summed E-state index contributed by atoms with van der Waals surface area (Å²) in [6.07, 6.45) is 7.81. The largest absolute Gasteiger partial charge is 0.383 e. The van der Waals surface area contributed by atoms with E-state index in [1.165, 1.54) is 54.2 Å². The van der Waals surface area contributed by atoms with Crippen LogP contribution >= 0.6 is 11.5 Å². The van der Waals surface area contributed by atoms with Crippen LogP contribution in [-0.4, -0.2) is 23.6 Å². The highest BCUT2D eigenvalue weighted by Gasteiger charge is 2.30. The molecule has 0 bridgehead atoms. The second kappa shape index (κ2) is 5.45. The summed E-state index contributed by atoms with van der Waals surface area (Å²) in [6, 6.07) is 0. The van der Waals surface area contributed by atoms with Crippen LogP contribution in [-0.2, 0) is 4.74 Å². The first kappa shape index (κ1) is 12.2. The van der Waals surface area contributed by atoms with Crippen LogP contribution in [0.5, 0.6) is 0 Å². The van der Waals surface area contributed by atoms with Crippen molar-refractivity contribution in [2.75, 3.05) is 24.2 Å². The Labute approximate surface area is 112 Å². The zero-order valence-electron chi connectivity index (χ0n) is 10.7. The molecule has 2 heterocycles. The van der Waals surface area contributed by atoms with Gasteiger partial charge in [0.2, 0.25) is 0 Å². The Morgan fingerprint density at radius 3 is 2.94 bits per heavy atom. The van der Waals surface area contributed by atoms with Crippen molar-refractivity contribution in [3.63, 3.8) is 0 Å². The normalized spacial score (nSPS) is 24.1. The van der Waals surface area contributed by atoms with Gasteiger partial charge >= 0.3 is 0 Å². The number of anilines is 2. The second-order valence-electron chi connectivity index (χ2n) is 5.29. The molecule has 1 atom stereocenters. The van der Waals surface area contributed by atoms with Crippen LogP contribution in [0.25, 0.3) is 0 Å². The maximum Gasteiger partial charge on any atom is 0.142 e. The maximum absolute atomic E-state index is 5.93. The molecule has 3 rings (SSSR count). The first-order chi connectivity index (χ1) is 8.84. The zero-order chi connectivity index (χ0) is 12.4. The molecule has 3 N–H and O–H groups in total. The second-order valence-corrected chi connectivity index (χ2v) is 6.06. The number of hydrogen-bond donors (Lipinski definition) is 2. The molecule has 1 aromatic rings. The molecular formula is C13H21N3OS. The number of ether oxygens (including phenoxy) is 1. The fraction of sp³-hybridized carbons (Fsp3) is 0.769. The minimum atomic E-state index is 0.445. The molecule has 4 nitrogen and oxygen atoms in total. The van der Waals surface area contributed by atoms with E-state index in [0.29, 0.717) is 12.0 Å². The van der Waals surface area contributed by atoms with E-state index >= 15 is 0 Å². The van der Waals surface area contributed by atoms with E-state index in [0.717, 1.165) is 25.4 Å². The highest BCUT2D eigenvalue weighted by Crippen LogP contribution is 2.47. The van der Waals surface area contributed by atoms with Gasteiger partial charge in [0.05, 0.1) is 6.10 Å². The molecule has 1 aliphatic heterocycles. The van der Waals surface area contributed by atoms with E-state index in [9.17, 15) is 0 Å². The summed E-state index contributed by atoms with van der Waals surface area (Å²) < 4.78 is 10.0. The lowest BCUT2D eigenvalue weighted by Crippen LogP contribution is -2.22. The molecule has 18 heavy (non-hydrogen) atoms. The van der Waals surface area contributed by atoms with Gasteiger partial charge in [-0.2, -0.15) is 4.37 Å². The van der Waals surface area contributed by atoms with Crippen molar-refractivity contribution < 1.29 is 4.74 Å². The molecule has 1 unspecified atom stereocenters. The van der Waals surface area contributed by atoms with Crippen molar-refractivity contribution in [1.29, 1.82) is 0 Å². The molecule has 2 aliphatic rings. The lowest BCUT2D eigenvalue weighted by Gasteiger charge is -2.22. The quantitative estimate of drug-likeness (QED) is 0.861. The summed E-state index contributed by atoms with van der Waals surface area (Å²) in [5.41, 5.74) is 7.20. The van der Waals surface area contributed by atoms with Crippen molar-refractivity contribution in [1.82, 2.24) is 4.37 Å². The van der Waals surface area contributed by atoms with E-state index in [1.807, 2.05) is 0 Å². The van der Waals surface area contributed by atoms with E-state index in [2.05, 4.69) is 9.69 Å². The van der Waals surface area contributed by atoms with Crippen molar-refractivity contribution in [3.05, 3.63) is 5.56 Å². The summed E-state index contributed by atoms with van der Waals surface area (Å²) >= 11 is 1.50. The molecular weight excluding hydrogens is 246 g/mol. The fourth-order valence-electron chi connectivity index (χ4n) is 2.59. The summed E-state index contributed by atoms with van der Waals surface area (Å²) in [5, 5.41) is 4.68. The monoisotopic (exact) mass is 267 g/mol. The Hall–Kier alpha value is -0.810. The highest BCUT2D eigenvalue weighted by molar-refractivity contribution is 7.10. The highest BCUT2D eigenvalue weighted by atomic mass is 32.1. The van der Waals surface area contributed by atoms with Gasteiger partial charge in [0.1, 0.15) is 10.8 Å². The predicted octanol–water partition coefficient (Wildman–Crippen LogP) is 2.97. The van der Waals surface area contributed by atoms with Crippen molar-refractivity contribution in [2.45, 2.75) is 50.5 Å². The molecule has 1 saturated heterocycles. The fourth-order valence-corrected chi connectivity index (χ4v) is 3.41. The summed E-state index contributed by atoms with van der Waals surface area (Å²) in [4.78, 5) is 0. The van der Waals surface area contributed by atoms with E-state index in [-0.39, 0.29) is 0 Å². The van der Waals surface area contributed by atoms with Crippen LogP contribution in [0.2, 0.25) is 0 Å². The molecule has 5 heteroatoms. The molecule has 0 amide bonds. The van der Waals surface area contributed by atoms with E-state index in [4.69, 9.17) is 10.5 Å². The topological polar surface area (TPSA) is 60.2 Å². The number of nitrogens with two attached hydrogens (primary N) is 1. The number of nitrogens with one attached hydrogen (secondary N) is 1. The maximum atomic E-state index is 5.93. The molecule has 1 aromatic heterocycles. The van der Waals surface area contributed by atoms with E-state index < -0.39 is 0 Å². The SMILES string of the molecule is Nc1nsc(NCCC2CCCCO2)c1C1CC1. The number of aromatic nitrogens is 1. The van der Waals surface area contributed by atoms with Crippen LogP contribution < -0.4 is 11.1 Å². The number of nitrogen functional groups attached to an aromatic ring is 1. The summed E-state index contributed by atoms with van der Waals surface area (Å²) in [6.45, 7) is 1.90. The molecule has 0 spiro atoms. The zero-order valence-corrected chi connectivity index (χ0v) is 11.5. The average molecular weight is 267 g/mol. The lowest BCUT2D eigenvalue weighted by atomic mass is 10.1. The molecule has 0 radical (unpaired) electrons. The smallest absolute Gasteiger partial charge is 0.142 e. The van der Waals surface area contributed by atoms with Gasteiger partial charge in [0.15, 0.2) is 0 Å². The van der Waals surface area contributed by atoms with Crippen molar-refractivity contribution in [3.8, 4) is 0 Å². The van der Waals surface area contributed by atoms with Gasteiger partial charge in [0.25, 0.3) is 0 Å². The summed E-state index contributed by atoms with van der Waals surface area (Å²) in [5.74, 6) is 1.40. The molecule has 0 aromatic carbocycles. The minimum absolute atomic E-state index is 0.445. The first-order valence-corrected chi connectivity index (χ1v) is 7.72. The lowest BCUT2D eigenvalue weighted by molar-refractivity contribution is 0.0134. The van der Waals surface area contributed by atoms with Gasteiger partial charge in [-0.25, -0.2) is 0 Å². The minimum Gasteiger partial charge on any atom is -0.383 e. The van der Waals surface area contributed by atoms with Crippen LogP contribution in [0.15, 0.2) is 0 Å². The Morgan fingerprint density at radius 1 is 1.33 bits per heavy atom. The Bertz CT molecular complexity index is 397. The van der Waals surface area contributed by atoms with Crippen LogP contribution in [0, 0.1) is 0 Å². The number of nitrogens with zero attached hydrogens (tertiary/aromatic N) is 1. The molecule has 1 saturated carbocycles. The number of rotatable bonds is 5. The molecule has 1 aliphatic carbocycles. The van der Waals surface area contributed by atoms with Gasteiger partial charge in [-0.3, -0.25) is 0 Å². The molecule has 2 fully saturated rings. The third-order valence-electron chi connectivity index (χ3n) is 3.77. The van der Waals surface area contributed by atoms with Crippen LogP contribution in [0.1, 0.15) is 50.0 Å². The van der Waals surface area contributed by atoms with Gasteiger partial charge in [0, 0.05) is 18.7 Å². The third-order valence-corrected chi connectivity index (χ3v) is 4.60. The number of hydrogen-bond acceptors (Lipinski definition) is 5. The van der Waals surface area contributed by atoms with Gasteiger partial charge in [-0.05, 0) is 56.0 Å².